The smallest absolute Gasteiger partial charge is 0.120 e. The van der Waals surface area contributed by atoms with E-state index in [-0.39, 0.29) is 0 Å². The highest BCUT2D eigenvalue weighted by Crippen LogP contribution is 2.30. The van der Waals surface area contributed by atoms with Crippen LogP contribution in [-0.4, -0.2) is 11.1 Å². The second kappa shape index (κ2) is 4.01. The van der Waals surface area contributed by atoms with Crippen molar-refractivity contribution in [1.82, 2.24) is 5.32 Å². The Morgan fingerprint density at radius 2 is 2.14 bits per heavy atom. The zero-order valence-corrected chi connectivity index (χ0v) is 8.53. The van der Waals surface area contributed by atoms with Crippen LogP contribution in [-0.2, 0) is 0 Å². The molecule has 1 fully saturated rings. The molecule has 1 aromatic carbocycles. The fraction of sp³-hybridized carbons (Fsp3) is 0.500. The van der Waals surface area contributed by atoms with E-state index < -0.39 is 0 Å². The molecule has 0 amide bonds. The van der Waals surface area contributed by atoms with Gasteiger partial charge in [0.15, 0.2) is 0 Å². The van der Waals surface area contributed by atoms with Crippen molar-refractivity contribution in [1.29, 1.82) is 0 Å². The van der Waals surface area contributed by atoms with Crippen molar-refractivity contribution < 1.29 is 5.11 Å². The molecule has 1 aliphatic rings. The van der Waals surface area contributed by atoms with Crippen molar-refractivity contribution >= 4 is 0 Å². The Hall–Kier alpha value is -1.02. The van der Waals surface area contributed by atoms with Crippen LogP contribution >= 0.6 is 0 Å². The van der Waals surface area contributed by atoms with Gasteiger partial charge in [-0.1, -0.05) is 25.1 Å². The van der Waals surface area contributed by atoms with Crippen molar-refractivity contribution in [3.05, 3.63) is 29.8 Å². The molecule has 0 radical (unpaired) electrons. The van der Waals surface area contributed by atoms with Crippen LogP contribution in [0.3, 0.4) is 0 Å². The van der Waals surface area contributed by atoms with Gasteiger partial charge < -0.3 is 10.4 Å². The van der Waals surface area contributed by atoms with Gasteiger partial charge in [-0.3, -0.25) is 0 Å². The molecule has 0 spiro atoms. The molecule has 2 rings (SSSR count). The topological polar surface area (TPSA) is 32.3 Å². The van der Waals surface area contributed by atoms with Gasteiger partial charge >= 0.3 is 0 Å². The Balaban J connectivity index is 2.12. The predicted molar refractivity (Wildman–Crippen MR) is 57.3 cm³/mol. The third-order valence-electron chi connectivity index (χ3n) is 2.73. The van der Waals surface area contributed by atoms with Gasteiger partial charge in [0.2, 0.25) is 0 Å². The lowest BCUT2D eigenvalue weighted by Gasteiger charge is -2.17. The molecule has 1 aliphatic carbocycles. The van der Waals surface area contributed by atoms with Gasteiger partial charge in [-0.25, -0.2) is 0 Å². The largest absolute Gasteiger partial charge is 0.508 e. The lowest BCUT2D eigenvalue weighted by Crippen LogP contribution is -2.22. The lowest BCUT2D eigenvalue weighted by molar-refractivity contribution is 0.440. The summed E-state index contributed by atoms with van der Waals surface area (Å²) < 4.78 is 0. The van der Waals surface area contributed by atoms with Crippen LogP contribution in [0.15, 0.2) is 24.3 Å². The summed E-state index contributed by atoms with van der Waals surface area (Å²) in [5.74, 6) is 0.410. The van der Waals surface area contributed by atoms with Crippen molar-refractivity contribution in [2.45, 2.75) is 38.3 Å². The van der Waals surface area contributed by atoms with Crippen molar-refractivity contribution in [3.8, 4) is 5.75 Å². The van der Waals surface area contributed by atoms with E-state index in [9.17, 15) is 5.11 Å². The number of hydrogen-bond donors (Lipinski definition) is 2. The van der Waals surface area contributed by atoms with Gasteiger partial charge in [-0.05, 0) is 25.3 Å². The van der Waals surface area contributed by atoms with Crippen LogP contribution < -0.4 is 5.32 Å². The van der Waals surface area contributed by atoms with E-state index in [1.54, 1.807) is 6.07 Å². The Labute approximate surface area is 85.0 Å². The molecule has 76 valence electrons. The van der Waals surface area contributed by atoms with Crippen molar-refractivity contribution in [3.63, 3.8) is 0 Å². The number of benzene rings is 1. The van der Waals surface area contributed by atoms with Crippen molar-refractivity contribution in [2.75, 3.05) is 0 Å². The number of aromatic hydroxyl groups is 1. The Bertz CT molecular complexity index is 307. The molecule has 2 nitrogen and oxygen atoms in total. The van der Waals surface area contributed by atoms with Gasteiger partial charge in [0.05, 0.1) is 0 Å². The molecule has 0 heterocycles. The quantitative estimate of drug-likeness (QED) is 0.766. The first-order valence-corrected chi connectivity index (χ1v) is 5.35. The minimum atomic E-state index is 0.309. The van der Waals surface area contributed by atoms with Gasteiger partial charge in [-0.2, -0.15) is 0 Å². The van der Waals surface area contributed by atoms with E-state index in [1.807, 2.05) is 18.2 Å². The third kappa shape index (κ3) is 2.07. The van der Waals surface area contributed by atoms with Crippen LogP contribution in [0, 0.1) is 0 Å². The Morgan fingerprint density at radius 3 is 2.71 bits per heavy atom. The summed E-state index contributed by atoms with van der Waals surface area (Å²) >= 11 is 0. The first-order valence-electron chi connectivity index (χ1n) is 5.35. The summed E-state index contributed by atoms with van der Waals surface area (Å²) in [6, 6.07) is 8.59. The average Bonchev–Trinajstić information content (AvgIpc) is 2.99. The van der Waals surface area contributed by atoms with Crippen LogP contribution in [0.4, 0.5) is 0 Å². The molecule has 1 atom stereocenters. The van der Waals surface area contributed by atoms with Crippen LogP contribution in [0.5, 0.6) is 5.75 Å². The highest BCUT2D eigenvalue weighted by atomic mass is 16.3. The highest BCUT2D eigenvalue weighted by Gasteiger charge is 2.25. The Morgan fingerprint density at radius 1 is 1.43 bits per heavy atom. The van der Waals surface area contributed by atoms with E-state index in [1.165, 1.54) is 12.8 Å². The molecule has 0 aliphatic heterocycles. The van der Waals surface area contributed by atoms with E-state index >= 15 is 0 Å². The average molecular weight is 191 g/mol. The molecule has 1 aromatic rings. The minimum absolute atomic E-state index is 0.309. The highest BCUT2D eigenvalue weighted by molar-refractivity contribution is 5.34. The molecular formula is C12H17NO. The molecule has 0 bridgehead atoms. The molecule has 0 aromatic heterocycles. The second-order valence-corrected chi connectivity index (χ2v) is 3.96. The molecular weight excluding hydrogens is 174 g/mol. The molecule has 1 saturated carbocycles. The fourth-order valence-electron chi connectivity index (χ4n) is 1.74. The normalized spacial score (nSPS) is 18.1. The number of phenolic OH excluding ortho intramolecular Hbond substituents is 1. The minimum Gasteiger partial charge on any atom is -0.508 e. The molecule has 14 heavy (non-hydrogen) atoms. The van der Waals surface area contributed by atoms with Crippen LogP contribution in [0.2, 0.25) is 0 Å². The summed E-state index contributed by atoms with van der Waals surface area (Å²) in [7, 11) is 0. The lowest BCUT2D eigenvalue weighted by atomic mass is 10.0. The van der Waals surface area contributed by atoms with E-state index in [2.05, 4.69) is 12.2 Å². The fourth-order valence-corrected chi connectivity index (χ4v) is 1.74. The summed E-state index contributed by atoms with van der Waals surface area (Å²) in [5, 5.41) is 13.2. The van der Waals surface area contributed by atoms with Crippen molar-refractivity contribution in [2.24, 2.45) is 0 Å². The van der Waals surface area contributed by atoms with E-state index in [0.29, 0.717) is 17.8 Å². The summed E-state index contributed by atoms with van der Waals surface area (Å²) in [6.45, 7) is 2.15. The molecule has 0 unspecified atom stereocenters. The number of para-hydroxylation sites is 1. The van der Waals surface area contributed by atoms with E-state index in [4.69, 9.17) is 0 Å². The van der Waals surface area contributed by atoms with Gasteiger partial charge in [0.25, 0.3) is 0 Å². The third-order valence-corrected chi connectivity index (χ3v) is 2.73. The number of phenols is 1. The standard InChI is InChI=1S/C12H17NO/c1-2-11(13-9-7-8-9)10-5-3-4-6-12(10)14/h3-6,9,11,13-14H,2,7-8H2,1H3/t11-/m1/s1. The van der Waals surface area contributed by atoms with E-state index in [0.717, 1.165) is 12.0 Å². The monoisotopic (exact) mass is 191 g/mol. The zero-order valence-electron chi connectivity index (χ0n) is 8.53. The summed E-state index contributed by atoms with van der Waals surface area (Å²) in [5.41, 5.74) is 1.03. The number of nitrogens with one attached hydrogen (secondary N) is 1. The molecule has 2 heteroatoms. The predicted octanol–water partition coefficient (Wildman–Crippen LogP) is 2.60. The first-order chi connectivity index (χ1) is 6.81. The number of hydrogen-bond acceptors (Lipinski definition) is 2. The first kappa shape index (κ1) is 9.53. The molecule has 2 N–H and O–H groups in total. The second-order valence-electron chi connectivity index (χ2n) is 3.96. The maximum absolute atomic E-state index is 9.71. The summed E-state index contributed by atoms with van der Waals surface area (Å²) in [4.78, 5) is 0. The zero-order chi connectivity index (χ0) is 9.97. The SMILES string of the molecule is CC[C@@H](NC1CC1)c1ccccc1O. The maximum Gasteiger partial charge on any atom is 0.120 e. The molecule has 0 saturated heterocycles. The van der Waals surface area contributed by atoms with Crippen LogP contribution in [0.25, 0.3) is 0 Å². The maximum atomic E-state index is 9.71. The number of rotatable bonds is 4. The van der Waals surface area contributed by atoms with Gasteiger partial charge in [0.1, 0.15) is 5.75 Å². The van der Waals surface area contributed by atoms with Gasteiger partial charge in [0, 0.05) is 17.6 Å². The van der Waals surface area contributed by atoms with Gasteiger partial charge in [-0.15, -0.1) is 0 Å². The summed E-state index contributed by atoms with van der Waals surface area (Å²) in [6.07, 6.45) is 3.59. The van der Waals surface area contributed by atoms with Crippen LogP contribution in [0.1, 0.15) is 37.8 Å². The Kier molecular flexibility index (Phi) is 2.73.